The van der Waals surface area contributed by atoms with Crippen LogP contribution in [0.2, 0.25) is 0 Å². The summed E-state index contributed by atoms with van der Waals surface area (Å²) in [4.78, 5) is 13.8. The van der Waals surface area contributed by atoms with Crippen molar-refractivity contribution in [2.45, 2.75) is 45.6 Å². The van der Waals surface area contributed by atoms with Gasteiger partial charge in [0.15, 0.2) is 11.8 Å². The molecule has 0 bridgehead atoms. The number of benzene rings is 1. The van der Waals surface area contributed by atoms with Crippen molar-refractivity contribution in [1.82, 2.24) is 25.3 Å². The maximum Gasteiger partial charge on any atom is 0.228 e. The van der Waals surface area contributed by atoms with Gasteiger partial charge in [-0.1, -0.05) is 56.3 Å². The summed E-state index contributed by atoms with van der Waals surface area (Å²) in [6, 6.07) is 11.3. The number of nitrogens with one attached hydrogen (secondary N) is 1. The molecule has 3 rings (SSSR count). The lowest BCUT2D eigenvalue weighted by Crippen LogP contribution is -2.53. The zero-order chi connectivity index (χ0) is 20.6. The van der Waals surface area contributed by atoms with Gasteiger partial charge in [0.25, 0.3) is 0 Å². The van der Waals surface area contributed by atoms with Gasteiger partial charge in [-0.3, -0.25) is 9.89 Å². The zero-order valence-corrected chi connectivity index (χ0v) is 18.1. The first-order valence-electron chi connectivity index (χ1n) is 10.7. The van der Waals surface area contributed by atoms with Gasteiger partial charge in [-0.2, -0.15) is 4.98 Å². The van der Waals surface area contributed by atoms with E-state index < -0.39 is 0 Å². The Labute approximate surface area is 174 Å². The van der Waals surface area contributed by atoms with Gasteiger partial charge < -0.3 is 14.7 Å². The highest BCUT2D eigenvalue weighted by Gasteiger charge is 2.25. The molecular weight excluding hydrogens is 364 g/mol. The summed E-state index contributed by atoms with van der Waals surface area (Å²) < 4.78 is 5.32. The molecule has 1 N–H and O–H groups in total. The van der Waals surface area contributed by atoms with Gasteiger partial charge in [0.2, 0.25) is 5.89 Å². The van der Waals surface area contributed by atoms with Crippen LogP contribution in [0.15, 0.2) is 39.8 Å². The molecule has 0 saturated carbocycles. The number of nitrogens with zero attached hydrogens (tertiary/aromatic N) is 5. The summed E-state index contributed by atoms with van der Waals surface area (Å²) in [5.41, 5.74) is 1.41. The van der Waals surface area contributed by atoms with E-state index in [0.29, 0.717) is 18.4 Å². The van der Waals surface area contributed by atoms with E-state index in [1.165, 1.54) is 5.56 Å². The monoisotopic (exact) mass is 398 g/mol. The Morgan fingerprint density at radius 1 is 1.17 bits per heavy atom. The fourth-order valence-corrected chi connectivity index (χ4v) is 3.84. The van der Waals surface area contributed by atoms with E-state index in [1.54, 1.807) is 0 Å². The van der Waals surface area contributed by atoms with Gasteiger partial charge in [0.1, 0.15) is 0 Å². The third-order valence-corrected chi connectivity index (χ3v) is 5.46. The standard InChI is InChI=1S/C22H34N6O/c1-5-19(18-9-7-6-8-10-18)27-13-15-28(16-14-27)22(23-4)24-12-11-20-25-21(17(2)3)26-29-20/h6-10,17,19H,5,11-16H2,1-4H3,(H,23,24). The van der Waals surface area contributed by atoms with Crippen LogP contribution in [-0.4, -0.2) is 65.7 Å². The van der Waals surface area contributed by atoms with Crippen molar-refractivity contribution in [3.63, 3.8) is 0 Å². The fourth-order valence-electron chi connectivity index (χ4n) is 3.84. The number of hydrogen-bond donors (Lipinski definition) is 1. The average Bonchev–Trinajstić information content (AvgIpc) is 3.23. The summed E-state index contributed by atoms with van der Waals surface area (Å²) in [5, 5.41) is 7.47. The van der Waals surface area contributed by atoms with Gasteiger partial charge in [-0.05, 0) is 12.0 Å². The van der Waals surface area contributed by atoms with E-state index in [1.807, 2.05) is 7.05 Å². The highest BCUT2D eigenvalue weighted by atomic mass is 16.5. The quantitative estimate of drug-likeness (QED) is 0.571. The molecule has 1 saturated heterocycles. The smallest absolute Gasteiger partial charge is 0.228 e. The van der Waals surface area contributed by atoms with Gasteiger partial charge in [0.05, 0.1) is 0 Å². The number of hydrogen-bond acceptors (Lipinski definition) is 5. The van der Waals surface area contributed by atoms with E-state index in [4.69, 9.17) is 4.52 Å². The Morgan fingerprint density at radius 3 is 2.48 bits per heavy atom. The van der Waals surface area contributed by atoms with Crippen molar-refractivity contribution in [3.8, 4) is 0 Å². The maximum absolute atomic E-state index is 5.32. The second-order valence-electron chi connectivity index (χ2n) is 7.78. The molecule has 1 aromatic carbocycles. The van der Waals surface area contributed by atoms with E-state index in [9.17, 15) is 0 Å². The minimum Gasteiger partial charge on any atom is -0.356 e. The SMILES string of the molecule is CCC(c1ccccc1)N1CCN(C(=NC)NCCc2nc(C(C)C)no2)CC1. The maximum atomic E-state index is 5.32. The second-order valence-corrected chi connectivity index (χ2v) is 7.78. The summed E-state index contributed by atoms with van der Waals surface area (Å²) in [6.45, 7) is 11.2. The van der Waals surface area contributed by atoms with Crippen LogP contribution in [-0.2, 0) is 6.42 Å². The van der Waals surface area contributed by atoms with Crippen LogP contribution in [0.5, 0.6) is 0 Å². The number of rotatable bonds is 7. The lowest BCUT2D eigenvalue weighted by molar-refractivity contribution is 0.127. The van der Waals surface area contributed by atoms with Gasteiger partial charge >= 0.3 is 0 Å². The van der Waals surface area contributed by atoms with E-state index in [-0.39, 0.29) is 5.92 Å². The van der Waals surface area contributed by atoms with E-state index >= 15 is 0 Å². The number of aliphatic imine (C=N–C) groups is 1. The molecule has 0 aliphatic carbocycles. The highest BCUT2D eigenvalue weighted by Crippen LogP contribution is 2.25. The Balaban J connectivity index is 1.48. The normalized spacial score (nSPS) is 17.0. The molecule has 7 nitrogen and oxygen atoms in total. The predicted octanol–water partition coefficient (Wildman–Crippen LogP) is 3.08. The van der Waals surface area contributed by atoms with Crippen molar-refractivity contribution < 1.29 is 4.52 Å². The summed E-state index contributed by atoms with van der Waals surface area (Å²) in [6.07, 6.45) is 1.82. The number of piperazine rings is 1. The minimum atomic E-state index is 0.285. The molecule has 29 heavy (non-hydrogen) atoms. The molecule has 158 valence electrons. The van der Waals surface area contributed by atoms with Gasteiger partial charge in [-0.25, -0.2) is 0 Å². The molecule has 2 heterocycles. The molecule has 0 amide bonds. The molecule has 1 aliphatic rings. The Hall–Kier alpha value is -2.41. The largest absolute Gasteiger partial charge is 0.356 e. The van der Waals surface area contributed by atoms with Crippen molar-refractivity contribution in [2.24, 2.45) is 4.99 Å². The first kappa shape index (κ1) is 21.3. The Bertz CT molecular complexity index is 765. The molecule has 1 atom stereocenters. The van der Waals surface area contributed by atoms with Crippen molar-refractivity contribution in [1.29, 1.82) is 0 Å². The summed E-state index contributed by atoms with van der Waals surface area (Å²) in [5.74, 6) is 2.67. The summed E-state index contributed by atoms with van der Waals surface area (Å²) >= 11 is 0. The molecule has 2 aromatic rings. The predicted molar refractivity (Wildman–Crippen MR) is 116 cm³/mol. The molecular formula is C22H34N6O. The zero-order valence-electron chi connectivity index (χ0n) is 18.1. The van der Waals surface area contributed by atoms with Crippen LogP contribution in [0.3, 0.4) is 0 Å². The lowest BCUT2D eigenvalue weighted by Gasteiger charge is -2.40. The number of aromatic nitrogens is 2. The Morgan fingerprint density at radius 2 is 1.90 bits per heavy atom. The molecule has 0 spiro atoms. The van der Waals surface area contributed by atoms with E-state index in [0.717, 1.165) is 50.9 Å². The van der Waals surface area contributed by atoms with Crippen LogP contribution in [0.4, 0.5) is 0 Å². The molecule has 1 aliphatic heterocycles. The van der Waals surface area contributed by atoms with Crippen molar-refractivity contribution in [2.75, 3.05) is 39.8 Å². The van der Waals surface area contributed by atoms with Crippen LogP contribution in [0.25, 0.3) is 0 Å². The van der Waals surface area contributed by atoms with E-state index in [2.05, 4.69) is 81.4 Å². The fraction of sp³-hybridized carbons (Fsp3) is 0.591. The summed E-state index contributed by atoms with van der Waals surface area (Å²) in [7, 11) is 1.84. The minimum absolute atomic E-state index is 0.285. The van der Waals surface area contributed by atoms with Crippen LogP contribution < -0.4 is 5.32 Å². The lowest BCUT2D eigenvalue weighted by atomic mass is 10.0. The molecule has 0 radical (unpaired) electrons. The highest BCUT2D eigenvalue weighted by molar-refractivity contribution is 5.80. The van der Waals surface area contributed by atoms with Crippen LogP contribution >= 0.6 is 0 Å². The van der Waals surface area contributed by atoms with Crippen molar-refractivity contribution >= 4 is 5.96 Å². The third-order valence-electron chi connectivity index (χ3n) is 5.46. The molecule has 7 heteroatoms. The molecule has 1 unspecified atom stereocenters. The molecule has 1 aromatic heterocycles. The number of guanidine groups is 1. The van der Waals surface area contributed by atoms with Gasteiger partial charge in [-0.15, -0.1) is 0 Å². The third kappa shape index (κ3) is 5.56. The average molecular weight is 399 g/mol. The first-order chi connectivity index (χ1) is 14.1. The second kappa shape index (κ2) is 10.4. The van der Waals surface area contributed by atoms with Gasteiger partial charge in [0, 0.05) is 58.2 Å². The van der Waals surface area contributed by atoms with Crippen LogP contribution in [0, 0.1) is 0 Å². The Kier molecular flexibility index (Phi) is 7.63. The first-order valence-corrected chi connectivity index (χ1v) is 10.7. The topological polar surface area (TPSA) is 69.8 Å². The van der Waals surface area contributed by atoms with Crippen molar-refractivity contribution in [3.05, 3.63) is 47.6 Å². The van der Waals surface area contributed by atoms with Crippen LogP contribution in [0.1, 0.15) is 56.4 Å². The molecule has 1 fully saturated rings.